The minimum absolute atomic E-state index is 0.138. The van der Waals surface area contributed by atoms with Gasteiger partial charge in [0, 0.05) is 4.88 Å². The van der Waals surface area contributed by atoms with E-state index in [1.807, 2.05) is 18.4 Å². The number of nitrogens with one attached hydrogen (secondary N) is 2. The summed E-state index contributed by atoms with van der Waals surface area (Å²) in [5.74, 6) is 5.55. The quantitative estimate of drug-likeness (QED) is 0.438. The Morgan fingerprint density at radius 2 is 2.20 bits per heavy atom. The molecule has 0 saturated carbocycles. The molecule has 0 aromatic carbocycles. The van der Waals surface area contributed by atoms with Crippen LogP contribution in [0.2, 0.25) is 0 Å². The summed E-state index contributed by atoms with van der Waals surface area (Å²) in [4.78, 5) is 19.6. The molecule has 2 heterocycles. The molecule has 0 aliphatic rings. The van der Waals surface area contributed by atoms with Gasteiger partial charge in [0.15, 0.2) is 0 Å². The van der Waals surface area contributed by atoms with Crippen LogP contribution in [0, 0.1) is 24.0 Å². The Labute approximate surface area is 119 Å². The highest BCUT2D eigenvalue weighted by Gasteiger charge is 2.21. The lowest BCUT2D eigenvalue weighted by atomic mass is 10.3. The number of nitrogen functional groups attached to an aromatic ring is 1. The van der Waals surface area contributed by atoms with Crippen molar-refractivity contribution < 1.29 is 4.92 Å². The highest BCUT2D eigenvalue weighted by molar-refractivity contribution is 7.10. The number of nitrogens with zero attached hydrogens (tertiary/aromatic N) is 3. The van der Waals surface area contributed by atoms with E-state index in [0.29, 0.717) is 6.54 Å². The van der Waals surface area contributed by atoms with Crippen LogP contribution < -0.4 is 16.6 Å². The second kappa shape index (κ2) is 5.80. The third-order valence-electron chi connectivity index (χ3n) is 2.75. The topological polar surface area (TPSA) is 119 Å². The summed E-state index contributed by atoms with van der Waals surface area (Å²) in [5, 5.41) is 16.1. The maximum atomic E-state index is 11.1. The van der Waals surface area contributed by atoms with Crippen molar-refractivity contribution in [3.8, 4) is 0 Å². The SMILES string of the molecule is Cc1ccsc1CNc1nc(NN)nc(C)c1[N+](=O)[O-]. The molecule has 0 unspecified atom stereocenters. The molecule has 20 heavy (non-hydrogen) atoms. The highest BCUT2D eigenvalue weighted by Crippen LogP contribution is 2.27. The number of nitro groups is 1. The van der Waals surface area contributed by atoms with Crippen molar-refractivity contribution in [3.05, 3.63) is 37.7 Å². The van der Waals surface area contributed by atoms with Crippen LogP contribution in [0.5, 0.6) is 0 Å². The van der Waals surface area contributed by atoms with Crippen LogP contribution in [0.1, 0.15) is 16.1 Å². The first-order valence-corrected chi connectivity index (χ1v) is 6.67. The van der Waals surface area contributed by atoms with E-state index < -0.39 is 4.92 Å². The standard InChI is InChI=1S/C11H14N6O2S/c1-6-3-4-20-8(6)5-13-10-9(17(18)19)7(2)14-11(15-10)16-12/h3-4H,5,12H2,1-2H3,(H2,13,14,15,16). The van der Waals surface area contributed by atoms with Crippen molar-refractivity contribution in [1.29, 1.82) is 0 Å². The van der Waals surface area contributed by atoms with Crippen molar-refractivity contribution in [3.63, 3.8) is 0 Å². The Morgan fingerprint density at radius 1 is 1.45 bits per heavy atom. The average molecular weight is 294 g/mol. The predicted octanol–water partition coefficient (Wildman–Crippen LogP) is 1.96. The number of hydrazine groups is 1. The monoisotopic (exact) mass is 294 g/mol. The maximum Gasteiger partial charge on any atom is 0.332 e. The summed E-state index contributed by atoms with van der Waals surface area (Å²) in [7, 11) is 0. The molecule has 9 heteroatoms. The van der Waals surface area contributed by atoms with E-state index in [4.69, 9.17) is 5.84 Å². The van der Waals surface area contributed by atoms with Gasteiger partial charge >= 0.3 is 5.69 Å². The van der Waals surface area contributed by atoms with E-state index in [1.165, 1.54) is 0 Å². The first kappa shape index (κ1) is 14.2. The van der Waals surface area contributed by atoms with E-state index in [0.717, 1.165) is 10.4 Å². The average Bonchev–Trinajstić information content (AvgIpc) is 2.80. The van der Waals surface area contributed by atoms with Crippen LogP contribution in [0.15, 0.2) is 11.4 Å². The van der Waals surface area contributed by atoms with Gasteiger partial charge in [0.05, 0.1) is 11.5 Å². The van der Waals surface area contributed by atoms with Crippen LogP contribution in [0.3, 0.4) is 0 Å². The molecule has 2 aromatic heterocycles. The molecule has 0 bridgehead atoms. The zero-order valence-electron chi connectivity index (χ0n) is 11.0. The molecule has 0 amide bonds. The van der Waals surface area contributed by atoms with Gasteiger partial charge in [-0.15, -0.1) is 11.3 Å². The van der Waals surface area contributed by atoms with E-state index in [-0.39, 0.29) is 23.1 Å². The first-order chi connectivity index (χ1) is 9.52. The Balaban J connectivity index is 2.31. The molecule has 4 N–H and O–H groups in total. The Morgan fingerprint density at radius 3 is 2.75 bits per heavy atom. The van der Waals surface area contributed by atoms with E-state index >= 15 is 0 Å². The molecular weight excluding hydrogens is 280 g/mol. The van der Waals surface area contributed by atoms with Gasteiger partial charge < -0.3 is 5.32 Å². The van der Waals surface area contributed by atoms with Gasteiger partial charge in [-0.05, 0) is 30.9 Å². The van der Waals surface area contributed by atoms with Crippen molar-refractivity contribution in [1.82, 2.24) is 9.97 Å². The van der Waals surface area contributed by atoms with E-state index in [9.17, 15) is 10.1 Å². The summed E-state index contributed by atoms with van der Waals surface area (Å²) in [6, 6.07) is 1.99. The maximum absolute atomic E-state index is 11.1. The Bertz CT molecular complexity index is 642. The molecule has 0 spiro atoms. The van der Waals surface area contributed by atoms with Crippen molar-refractivity contribution in [2.75, 3.05) is 10.7 Å². The number of aryl methyl sites for hydroxylation is 2. The zero-order chi connectivity index (χ0) is 14.7. The van der Waals surface area contributed by atoms with Crippen molar-refractivity contribution >= 4 is 28.8 Å². The van der Waals surface area contributed by atoms with Crippen molar-refractivity contribution in [2.45, 2.75) is 20.4 Å². The minimum Gasteiger partial charge on any atom is -0.359 e. The molecule has 8 nitrogen and oxygen atoms in total. The number of rotatable bonds is 5. The summed E-state index contributed by atoms with van der Waals surface area (Å²) >= 11 is 1.58. The molecule has 2 rings (SSSR count). The van der Waals surface area contributed by atoms with Crippen molar-refractivity contribution in [2.24, 2.45) is 5.84 Å². The van der Waals surface area contributed by atoms with Crippen LogP contribution >= 0.6 is 11.3 Å². The van der Waals surface area contributed by atoms with E-state index in [2.05, 4.69) is 20.7 Å². The number of hydrogen-bond donors (Lipinski definition) is 3. The molecular formula is C11H14N6O2S. The second-order valence-corrected chi connectivity index (χ2v) is 5.11. The summed E-state index contributed by atoms with van der Waals surface area (Å²) in [5.41, 5.74) is 3.54. The fraction of sp³-hybridized carbons (Fsp3) is 0.273. The van der Waals surface area contributed by atoms with Gasteiger partial charge in [-0.3, -0.25) is 15.5 Å². The molecule has 0 atom stereocenters. The fourth-order valence-corrected chi connectivity index (χ4v) is 2.57. The predicted molar refractivity (Wildman–Crippen MR) is 77.6 cm³/mol. The van der Waals surface area contributed by atoms with Gasteiger partial charge in [0.2, 0.25) is 11.8 Å². The number of hydrogen-bond acceptors (Lipinski definition) is 8. The largest absolute Gasteiger partial charge is 0.359 e. The first-order valence-electron chi connectivity index (χ1n) is 5.79. The third kappa shape index (κ3) is 2.83. The summed E-state index contributed by atoms with van der Waals surface area (Å²) in [6.45, 7) is 3.99. The number of anilines is 2. The number of aromatic nitrogens is 2. The molecule has 0 saturated heterocycles. The van der Waals surface area contributed by atoms with Gasteiger partial charge in [-0.1, -0.05) is 0 Å². The van der Waals surface area contributed by atoms with Crippen LogP contribution in [0.25, 0.3) is 0 Å². The molecule has 0 aliphatic carbocycles. The fourth-order valence-electron chi connectivity index (χ4n) is 1.72. The molecule has 2 aromatic rings. The highest BCUT2D eigenvalue weighted by atomic mass is 32.1. The van der Waals surface area contributed by atoms with E-state index in [1.54, 1.807) is 18.3 Å². The van der Waals surface area contributed by atoms with Crippen LogP contribution in [-0.4, -0.2) is 14.9 Å². The van der Waals surface area contributed by atoms with Gasteiger partial charge in [-0.2, -0.15) is 4.98 Å². The van der Waals surface area contributed by atoms with Crippen LogP contribution in [-0.2, 0) is 6.54 Å². The third-order valence-corrected chi connectivity index (χ3v) is 3.78. The van der Waals surface area contributed by atoms with Crippen LogP contribution in [0.4, 0.5) is 17.5 Å². The lowest BCUT2D eigenvalue weighted by Crippen LogP contribution is -2.14. The lowest BCUT2D eigenvalue weighted by Gasteiger charge is -2.09. The normalized spacial score (nSPS) is 10.3. The summed E-state index contributed by atoms with van der Waals surface area (Å²) < 4.78 is 0. The Hall–Kier alpha value is -2.26. The van der Waals surface area contributed by atoms with Gasteiger partial charge in [-0.25, -0.2) is 10.8 Å². The number of thiophene rings is 1. The lowest BCUT2D eigenvalue weighted by molar-refractivity contribution is -0.385. The molecule has 0 radical (unpaired) electrons. The van der Waals surface area contributed by atoms with Gasteiger partial charge in [0.25, 0.3) is 0 Å². The Kier molecular flexibility index (Phi) is 4.11. The number of nitrogens with two attached hydrogens (primary N) is 1. The minimum atomic E-state index is -0.501. The summed E-state index contributed by atoms with van der Waals surface area (Å²) in [6.07, 6.45) is 0. The zero-order valence-corrected chi connectivity index (χ0v) is 11.8. The van der Waals surface area contributed by atoms with Gasteiger partial charge in [0.1, 0.15) is 5.69 Å². The molecule has 106 valence electrons. The second-order valence-electron chi connectivity index (χ2n) is 4.11. The molecule has 0 aliphatic heterocycles. The molecule has 0 fully saturated rings. The smallest absolute Gasteiger partial charge is 0.332 e.